The van der Waals surface area contributed by atoms with Crippen LogP contribution in [-0.4, -0.2) is 32.4 Å². The molecule has 1 unspecified atom stereocenters. The number of hydrogen-bond acceptors (Lipinski definition) is 3. The number of carbonyl (C=O) groups is 1. The Bertz CT molecular complexity index is 855. The van der Waals surface area contributed by atoms with E-state index in [0.29, 0.717) is 22.9 Å². The van der Waals surface area contributed by atoms with Crippen LogP contribution in [0.25, 0.3) is 10.9 Å². The van der Waals surface area contributed by atoms with Crippen LogP contribution >= 0.6 is 0 Å². The molecule has 126 valence electrons. The van der Waals surface area contributed by atoms with Crippen molar-refractivity contribution in [2.45, 2.75) is 51.2 Å². The molecule has 2 aliphatic rings. The molecule has 0 bridgehead atoms. The number of halogens is 1. The van der Waals surface area contributed by atoms with Gasteiger partial charge in [-0.2, -0.15) is 0 Å². The van der Waals surface area contributed by atoms with Crippen molar-refractivity contribution in [3.05, 3.63) is 40.7 Å². The Morgan fingerprint density at radius 1 is 1.38 bits per heavy atom. The summed E-state index contributed by atoms with van der Waals surface area (Å²) in [5, 5.41) is 0.333. The van der Waals surface area contributed by atoms with Crippen molar-refractivity contribution in [3.63, 3.8) is 0 Å². The average molecular weight is 329 g/mol. The molecule has 1 aromatic carbocycles. The number of amides is 1. The third kappa shape index (κ3) is 2.81. The zero-order valence-corrected chi connectivity index (χ0v) is 13.6. The first-order chi connectivity index (χ1) is 11.5. The first kappa shape index (κ1) is 15.3. The van der Waals surface area contributed by atoms with E-state index < -0.39 is 5.82 Å². The lowest BCUT2D eigenvalue weighted by Gasteiger charge is -2.29. The molecule has 0 aliphatic heterocycles. The molecule has 0 N–H and O–H groups in total. The lowest BCUT2D eigenvalue weighted by molar-refractivity contribution is -0.135. The third-order valence-corrected chi connectivity index (χ3v) is 5.06. The van der Waals surface area contributed by atoms with Gasteiger partial charge in [0.1, 0.15) is 12.4 Å². The number of aromatic nitrogens is 2. The molecule has 1 heterocycles. The smallest absolute Gasteiger partial charge is 0.261 e. The zero-order valence-electron chi connectivity index (χ0n) is 13.6. The molecular weight excluding hydrogens is 309 g/mol. The number of fused-ring (bicyclic) bond motifs is 1. The van der Waals surface area contributed by atoms with Crippen molar-refractivity contribution in [3.8, 4) is 0 Å². The Balaban J connectivity index is 1.60. The van der Waals surface area contributed by atoms with Crippen LogP contribution in [0, 0.1) is 11.7 Å². The molecule has 1 aromatic heterocycles. The number of carbonyl (C=O) groups excluding carboxylic acids is 1. The molecule has 1 amide bonds. The molecule has 2 aromatic rings. The van der Waals surface area contributed by atoms with Gasteiger partial charge in [0.2, 0.25) is 5.91 Å². The van der Waals surface area contributed by atoms with E-state index >= 15 is 0 Å². The molecule has 0 saturated heterocycles. The fourth-order valence-electron chi connectivity index (χ4n) is 3.39. The van der Waals surface area contributed by atoms with Crippen LogP contribution in [0.4, 0.5) is 4.39 Å². The molecule has 4 rings (SSSR count). The summed E-state index contributed by atoms with van der Waals surface area (Å²) in [7, 11) is 0. The maximum Gasteiger partial charge on any atom is 0.261 e. The second-order valence-electron chi connectivity index (χ2n) is 6.95. The topological polar surface area (TPSA) is 55.2 Å². The number of hydrogen-bond donors (Lipinski definition) is 0. The summed E-state index contributed by atoms with van der Waals surface area (Å²) in [6.45, 7) is 2.10. The van der Waals surface area contributed by atoms with Gasteiger partial charge in [-0.15, -0.1) is 0 Å². The number of rotatable bonds is 5. The zero-order chi connectivity index (χ0) is 16.8. The Kier molecular flexibility index (Phi) is 3.62. The van der Waals surface area contributed by atoms with Crippen molar-refractivity contribution in [2.75, 3.05) is 0 Å². The van der Waals surface area contributed by atoms with Gasteiger partial charge in [-0.3, -0.25) is 14.2 Å². The minimum absolute atomic E-state index is 0.00723. The second kappa shape index (κ2) is 5.69. The van der Waals surface area contributed by atoms with Crippen LogP contribution in [0.5, 0.6) is 0 Å². The molecule has 2 aliphatic carbocycles. The Labute approximate surface area is 139 Å². The van der Waals surface area contributed by atoms with Crippen LogP contribution < -0.4 is 5.56 Å². The highest BCUT2D eigenvalue weighted by Gasteiger charge is 2.41. The second-order valence-corrected chi connectivity index (χ2v) is 6.95. The predicted molar refractivity (Wildman–Crippen MR) is 88.0 cm³/mol. The highest BCUT2D eigenvalue weighted by molar-refractivity contribution is 5.79. The average Bonchev–Trinajstić information content (AvgIpc) is 3.43. The van der Waals surface area contributed by atoms with Crippen molar-refractivity contribution in [1.82, 2.24) is 14.5 Å². The summed E-state index contributed by atoms with van der Waals surface area (Å²) < 4.78 is 14.6. The lowest BCUT2D eigenvalue weighted by atomic mass is 10.1. The molecule has 24 heavy (non-hydrogen) atoms. The van der Waals surface area contributed by atoms with Gasteiger partial charge in [0, 0.05) is 18.2 Å². The Hall–Kier alpha value is -2.24. The summed E-state index contributed by atoms with van der Waals surface area (Å²) >= 11 is 0. The Morgan fingerprint density at radius 2 is 2.12 bits per heavy atom. The molecule has 1 atom stereocenters. The van der Waals surface area contributed by atoms with E-state index in [1.807, 2.05) is 4.90 Å². The van der Waals surface area contributed by atoms with E-state index in [1.54, 1.807) is 0 Å². The molecule has 6 heteroatoms. The summed E-state index contributed by atoms with van der Waals surface area (Å²) in [5.74, 6) is 0.146. The van der Waals surface area contributed by atoms with Crippen molar-refractivity contribution < 1.29 is 9.18 Å². The standard InChI is InChI=1S/C18H20FN3O2/c1-11(12-2-3-12)22(14-5-6-14)17(23)9-21-10-20-16-8-13(19)4-7-15(16)18(21)24/h4,7-8,10-12,14H,2-3,5-6,9H2,1H3. The van der Waals surface area contributed by atoms with Gasteiger partial charge in [0.05, 0.1) is 17.2 Å². The quantitative estimate of drug-likeness (QED) is 0.846. The minimum Gasteiger partial charge on any atom is -0.335 e. The van der Waals surface area contributed by atoms with Crippen molar-refractivity contribution in [2.24, 2.45) is 5.92 Å². The molecule has 0 radical (unpaired) electrons. The van der Waals surface area contributed by atoms with Crippen LogP contribution in [0.3, 0.4) is 0 Å². The van der Waals surface area contributed by atoms with Gasteiger partial charge in [-0.1, -0.05) is 0 Å². The normalized spacial score (nSPS) is 18.6. The summed E-state index contributed by atoms with van der Waals surface area (Å²) in [6, 6.07) is 4.46. The van der Waals surface area contributed by atoms with Gasteiger partial charge in [0.15, 0.2) is 0 Å². The van der Waals surface area contributed by atoms with Crippen LogP contribution in [-0.2, 0) is 11.3 Å². The lowest BCUT2D eigenvalue weighted by Crippen LogP contribution is -2.44. The predicted octanol–water partition coefficient (Wildman–Crippen LogP) is 2.33. The monoisotopic (exact) mass is 329 g/mol. The fourth-order valence-corrected chi connectivity index (χ4v) is 3.39. The first-order valence-corrected chi connectivity index (χ1v) is 8.50. The van der Waals surface area contributed by atoms with E-state index in [4.69, 9.17) is 0 Å². The highest BCUT2D eigenvalue weighted by atomic mass is 19.1. The van der Waals surface area contributed by atoms with Crippen LogP contribution in [0.2, 0.25) is 0 Å². The van der Waals surface area contributed by atoms with Crippen LogP contribution in [0.1, 0.15) is 32.6 Å². The fraction of sp³-hybridized carbons (Fsp3) is 0.500. The maximum atomic E-state index is 13.2. The molecular formula is C18H20FN3O2. The maximum absolute atomic E-state index is 13.2. The van der Waals surface area contributed by atoms with Gasteiger partial charge >= 0.3 is 0 Å². The summed E-state index contributed by atoms with van der Waals surface area (Å²) in [6.07, 6.45) is 5.80. The van der Waals surface area contributed by atoms with Gasteiger partial charge in [0.25, 0.3) is 5.56 Å². The summed E-state index contributed by atoms with van der Waals surface area (Å²) in [4.78, 5) is 31.4. The largest absolute Gasteiger partial charge is 0.335 e. The van der Waals surface area contributed by atoms with Crippen molar-refractivity contribution in [1.29, 1.82) is 0 Å². The van der Waals surface area contributed by atoms with Gasteiger partial charge < -0.3 is 4.90 Å². The SMILES string of the molecule is CC(C1CC1)N(C(=O)Cn1cnc2cc(F)ccc2c1=O)C1CC1. The number of benzene rings is 1. The molecule has 2 saturated carbocycles. The minimum atomic E-state index is -0.429. The molecule has 0 spiro atoms. The Morgan fingerprint density at radius 3 is 2.79 bits per heavy atom. The third-order valence-electron chi connectivity index (χ3n) is 5.06. The molecule has 2 fully saturated rings. The van der Waals surface area contributed by atoms with Crippen molar-refractivity contribution >= 4 is 16.8 Å². The van der Waals surface area contributed by atoms with E-state index in [9.17, 15) is 14.0 Å². The first-order valence-electron chi connectivity index (χ1n) is 8.50. The van der Waals surface area contributed by atoms with E-state index in [2.05, 4.69) is 11.9 Å². The van der Waals surface area contributed by atoms with Gasteiger partial charge in [-0.25, -0.2) is 9.37 Å². The van der Waals surface area contributed by atoms with E-state index in [1.165, 1.54) is 41.9 Å². The highest BCUT2D eigenvalue weighted by Crippen LogP contribution is 2.39. The van der Waals surface area contributed by atoms with Gasteiger partial charge in [-0.05, 0) is 50.7 Å². The van der Waals surface area contributed by atoms with Crippen LogP contribution in [0.15, 0.2) is 29.3 Å². The van der Waals surface area contributed by atoms with E-state index in [-0.39, 0.29) is 24.1 Å². The van der Waals surface area contributed by atoms with E-state index in [0.717, 1.165) is 12.8 Å². The molecule has 5 nitrogen and oxygen atoms in total. The summed E-state index contributed by atoms with van der Waals surface area (Å²) in [5.41, 5.74) is 0.0114. The number of nitrogens with zero attached hydrogens (tertiary/aromatic N) is 3.